The van der Waals surface area contributed by atoms with Crippen molar-refractivity contribution in [3.8, 4) is 0 Å². The van der Waals surface area contributed by atoms with Crippen molar-refractivity contribution in [2.75, 3.05) is 6.61 Å². The Hall–Kier alpha value is -1.89. The lowest BCUT2D eigenvalue weighted by atomic mass is 9.97. The molecule has 1 heterocycles. The van der Waals surface area contributed by atoms with Crippen LogP contribution in [-0.4, -0.2) is 48.9 Å². The van der Waals surface area contributed by atoms with E-state index in [1.54, 1.807) is 6.08 Å². The van der Waals surface area contributed by atoms with Crippen molar-refractivity contribution in [1.29, 1.82) is 0 Å². The molecule has 0 spiro atoms. The van der Waals surface area contributed by atoms with Crippen molar-refractivity contribution in [3.63, 3.8) is 0 Å². The van der Waals surface area contributed by atoms with Crippen LogP contribution in [0.4, 0.5) is 0 Å². The van der Waals surface area contributed by atoms with Gasteiger partial charge in [-0.2, -0.15) is 0 Å². The van der Waals surface area contributed by atoms with E-state index in [1.807, 2.05) is 0 Å². The van der Waals surface area contributed by atoms with E-state index in [9.17, 15) is 14.4 Å². The third kappa shape index (κ3) is 5.18. The number of hydrogen-bond donors (Lipinski definition) is 0. The van der Waals surface area contributed by atoms with Crippen LogP contribution in [0.2, 0.25) is 0 Å². The molecule has 1 aliphatic heterocycles. The Bertz CT molecular complexity index is 418. The van der Waals surface area contributed by atoms with Crippen molar-refractivity contribution >= 4 is 17.9 Å². The molecule has 0 radical (unpaired) electrons. The SMILES string of the molecule is C=CC[C@@H]1OC[C@@H](OC(C)=O)[C@H](OC(C)=O)[C@H]1OC(C)=O. The standard InChI is InChI=1S/C14H20O7/c1-5-6-11-13(20-9(3)16)14(21-10(4)17)12(7-18-11)19-8(2)15/h5,11-14H,1,6-7H2,2-4H3/t11-,12+,13-,14-/m0/s1. The van der Waals surface area contributed by atoms with E-state index in [1.165, 1.54) is 20.8 Å². The fourth-order valence-corrected chi connectivity index (χ4v) is 2.18. The van der Waals surface area contributed by atoms with Gasteiger partial charge in [-0.25, -0.2) is 0 Å². The Morgan fingerprint density at radius 2 is 1.57 bits per heavy atom. The largest absolute Gasteiger partial charge is 0.456 e. The van der Waals surface area contributed by atoms with Gasteiger partial charge in [-0.05, 0) is 6.42 Å². The van der Waals surface area contributed by atoms with Crippen molar-refractivity contribution < 1.29 is 33.3 Å². The minimum atomic E-state index is -0.908. The third-order valence-corrected chi connectivity index (χ3v) is 2.85. The molecule has 0 bridgehead atoms. The van der Waals surface area contributed by atoms with Gasteiger partial charge < -0.3 is 18.9 Å². The molecular weight excluding hydrogens is 280 g/mol. The maximum Gasteiger partial charge on any atom is 0.303 e. The minimum Gasteiger partial charge on any atom is -0.456 e. The second-order valence-corrected chi connectivity index (χ2v) is 4.69. The molecular formula is C14H20O7. The summed E-state index contributed by atoms with van der Waals surface area (Å²) in [4.78, 5) is 33.7. The van der Waals surface area contributed by atoms with Crippen LogP contribution in [0.3, 0.4) is 0 Å². The zero-order valence-corrected chi connectivity index (χ0v) is 12.4. The van der Waals surface area contributed by atoms with Crippen molar-refractivity contribution in [1.82, 2.24) is 0 Å². The Labute approximate surface area is 123 Å². The van der Waals surface area contributed by atoms with Crippen LogP contribution in [0, 0.1) is 0 Å². The summed E-state index contributed by atoms with van der Waals surface area (Å²) in [7, 11) is 0. The molecule has 0 amide bonds. The monoisotopic (exact) mass is 300 g/mol. The number of carbonyl (C=O) groups is 3. The van der Waals surface area contributed by atoms with Gasteiger partial charge in [0.2, 0.25) is 0 Å². The zero-order valence-electron chi connectivity index (χ0n) is 12.4. The molecule has 0 saturated carbocycles. The van der Waals surface area contributed by atoms with Gasteiger partial charge in [-0.15, -0.1) is 6.58 Å². The normalized spacial score (nSPS) is 28.3. The summed E-state index contributed by atoms with van der Waals surface area (Å²) in [6, 6.07) is 0. The number of esters is 3. The molecule has 1 rings (SSSR count). The molecule has 0 N–H and O–H groups in total. The molecule has 0 unspecified atom stereocenters. The average molecular weight is 300 g/mol. The molecule has 0 aromatic heterocycles. The van der Waals surface area contributed by atoms with Gasteiger partial charge in [-0.1, -0.05) is 6.08 Å². The fourth-order valence-electron chi connectivity index (χ4n) is 2.18. The van der Waals surface area contributed by atoms with Gasteiger partial charge in [0.1, 0.15) is 6.10 Å². The predicted molar refractivity (Wildman–Crippen MR) is 71.2 cm³/mol. The molecule has 1 aliphatic rings. The summed E-state index contributed by atoms with van der Waals surface area (Å²) in [5, 5.41) is 0. The molecule has 7 heteroatoms. The van der Waals surface area contributed by atoms with Crippen LogP contribution in [0.5, 0.6) is 0 Å². The molecule has 4 atom stereocenters. The Kier molecular flexibility index (Phi) is 6.36. The highest BCUT2D eigenvalue weighted by Gasteiger charge is 2.46. The van der Waals surface area contributed by atoms with E-state index in [-0.39, 0.29) is 6.61 Å². The first-order chi connectivity index (χ1) is 9.85. The summed E-state index contributed by atoms with van der Waals surface area (Å²) in [5.41, 5.74) is 0. The predicted octanol–water partition coefficient (Wildman–Crippen LogP) is 0.756. The maximum atomic E-state index is 11.3. The van der Waals surface area contributed by atoms with Crippen LogP contribution in [0.1, 0.15) is 27.2 Å². The first-order valence-corrected chi connectivity index (χ1v) is 6.59. The lowest BCUT2D eigenvalue weighted by molar-refractivity contribution is -0.225. The van der Waals surface area contributed by atoms with Crippen LogP contribution in [0.25, 0.3) is 0 Å². The van der Waals surface area contributed by atoms with Gasteiger partial charge in [0, 0.05) is 20.8 Å². The summed E-state index contributed by atoms with van der Waals surface area (Å²) < 4.78 is 21.0. The number of ether oxygens (including phenoxy) is 4. The number of hydrogen-bond acceptors (Lipinski definition) is 7. The highest BCUT2D eigenvalue weighted by molar-refractivity contribution is 5.68. The quantitative estimate of drug-likeness (QED) is 0.420. The van der Waals surface area contributed by atoms with Crippen molar-refractivity contribution in [2.45, 2.75) is 51.6 Å². The van der Waals surface area contributed by atoms with E-state index < -0.39 is 42.3 Å². The molecule has 0 aliphatic carbocycles. The van der Waals surface area contributed by atoms with E-state index in [0.29, 0.717) is 6.42 Å². The first-order valence-electron chi connectivity index (χ1n) is 6.59. The Morgan fingerprint density at radius 1 is 1.05 bits per heavy atom. The molecule has 1 fully saturated rings. The summed E-state index contributed by atoms with van der Waals surface area (Å²) in [6.45, 7) is 7.37. The van der Waals surface area contributed by atoms with E-state index in [0.717, 1.165) is 0 Å². The Balaban J connectivity index is 2.99. The van der Waals surface area contributed by atoms with Gasteiger partial charge >= 0.3 is 17.9 Å². The second kappa shape index (κ2) is 7.78. The lowest BCUT2D eigenvalue weighted by Crippen LogP contribution is -2.57. The van der Waals surface area contributed by atoms with Crippen molar-refractivity contribution in [3.05, 3.63) is 12.7 Å². The van der Waals surface area contributed by atoms with Crippen LogP contribution >= 0.6 is 0 Å². The Morgan fingerprint density at radius 3 is 2.05 bits per heavy atom. The molecule has 118 valence electrons. The highest BCUT2D eigenvalue weighted by atomic mass is 16.6. The van der Waals surface area contributed by atoms with Gasteiger partial charge in [0.25, 0.3) is 0 Å². The fraction of sp³-hybridized carbons (Fsp3) is 0.643. The number of carbonyl (C=O) groups excluding carboxylic acids is 3. The number of rotatable bonds is 5. The molecule has 0 aromatic rings. The smallest absolute Gasteiger partial charge is 0.303 e. The minimum absolute atomic E-state index is 0.0494. The maximum absolute atomic E-state index is 11.3. The molecule has 7 nitrogen and oxygen atoms in total. The topological polar surface area (TPSA) is 88.1 Å². The van der Waals surface area contributed by atoms with Crippen LogP contribution in [0.15, 0.2) is 12.7 Å². The van der Waals surface area contributed by atoms with Gasteiger partial charge in [0.05, 0.1) is 6.61 Å². The summed E-state index contributed by atoms with van der Waals surface area (Å²) in [6.07, 6.45) is -1.09. The molecule has 21 heavy (non-hydrogen) atoms. The molecule has 0 aromatic carbocycles. The van der Waals surface area contributed by atoms with Crippen LogP contribution in [-0.2, 0) is 33.3 Å². The average Bonchev–Trinajstić information content (AvgIpc) is 2.35. The van der Waals surface area contributed by atoms with E-state index in [4.69, 9.17) is 18.9 Å². The summed E-state index contributed by atoms with van der Waals surface area (Å²) in [5.74, 6) is -1.64. The highest BCUT2D eigenvalue weighted by Crippen LogP contribution is 2.26. The molecule has 1 saturated heterocycles. The van der Waals surface area contributed by atoms with Crippen molar-refractivity contribution in [2.24, 2.45) is 0 Å². The van der Waals surface area contributed by atoms with Gasteiger partial charge in [-0.3, -0.25) is 14.4 Å². The first kappa shape index (κ1) is 17.2. The second-order valence-electron chi connectivity index (χ2n) is 4.69. The van der Waals surface area contributed by atoms with Gasteiger partial charge in [0.15, 0.2) is 18.3 Å². The summed E-state index contributed by atoms with van der Waals surface area (Å²) >= 11 is 0. The van der Waals surface area contributed by atoms with Crippen LogP contribution < -0.4 is 0 Å². The van der Waals surface area contributed by atoms with E-state index in [2.05, 4.69) is 6.58 Å². The van der Waals surface area contributed by atoms with E-state index >= 15 is 0 Å². The third-order valence-electron chi connectivity index (χ3n) is 2.85. The zero-order chi connectivity index (χ0) is 16.0. The lowest BCUT2D eigenvalue weighted by Gasteiger charge is -2.40.